The third kappa shape index (κ3) is 5.13. The van der Waals surface area contributed by atoms with Crippen LogP contribution in [0.25, 0.3) is 0 Å². The fourth-order valence-corrected chi connectivity index (χ4v) is 2.54. The first-order valence-electron chi connectivity index (χ1n) is 7.37. The number of rotatable bonds is 6. The predicted molar refractivity (Wildman–Crippen MR) is 94.1 cm³/mol. The molecule has 0 aliphatic rings. The van der Waals surface area contributed by atoms with Gasteiger partial charge in [-0.25, -0.2) is 4.79 Å². The molecule has 0 unspecified atom stereocenters. The van der Waals surface area contributed by atoms with Gasteiger partial charge >= 0.3 is 12.3 Å². The summed E-state index contributed by atoms with van der Waals surface area (Å²) in [6.45, 7) is 2.04. The largest absolute Gasteiger partial charge is 0.482 e. The maximum absolute atomic E-state index is 12.5. The number of alkyl halides is 3. The molecular formula is C17H15ClF3N3O2. The summed E-state index contributed by atoms with van der Waals surface area (Å²) >= 11 is 5.89. The Morgan fingerprint density at radius 2 is 1.92 bits per heavy atom. The van der Waals surface area contributed by atoms with Crippen LogP contribution in [0.15, 0.2) is 36.4 Å². The number of nitrogens with one attached hydrogen (secondary N) is 3. The molecule has 0 saturated carbocycles. The van der Waals surface area contributed by atoms with E-state index < -0.39 is 18.0 Å². The van der Waals surface area contributed by atoms with Gasteiger partial charge in [0.25, 0.3) is 0 Å². The highest BCUT2D eigenvalue weighted by atomic mass is 35.5. The lowest BCUT2D eigenvalue weighted by molar-refractivity contribution is -0.129. The van der Waals surface area contributed by atoms with Crippen LogP contribution < -0.4 is 10.6 Å². The fraction of sp³-hybridized carbons (Fsp3) is 0.176. The molecule has 2 aromatic rings. The molecule has 9 heteroatoms. The Bertz CT molecular complexity index is 854. The van der Waals surface area contributed by atoms with Crippen molar-refractivity contribution >= 4 is 34.7 Å². The summed E-state index contributed by atoms with van der Waals surface area (Å²) in [6.07, 6.45) is -4.63. The molecule has 2 rings (SSSR count). The van der Waals surface area contributed by atoms with Crippen molar-refractivity contribution in [2.24, 2.45) is 0 Å². The van der Waals surface area contributed by atoms with Crippen molar-refractivity contribution < 1.29 is 23.1 Å². The van der Waals surface area contributed by atoms with E-state index in [1.807, 2.05) is 6.92 Å². The number of halogens is 4. The number of benzene rings is 2. The zero-order chi connectivity index (χ0) is 19.5. The third-order valence-electron chi connectivity index (χ3n) is 3.56. The van der Waals surface area contributed by atoms with Crippen LogP contribution >= 0.6 is 11.6 Å². The number of carboxylic acid groups (broad SMARTS) is 1. The second-order valence-corrected chi connectivity index (χ2v) is 5.92. The van der Waals surface area contributed by atoms with E-state index in [9.17, 15) is 18.0 Å². The molecule has 4 N–H and O–H groups in total. The zero-order valence-electron chi connectivity index (χ0n) is 13.5. The number of hydrogen-bond donors (Lipinski definition) is 4. The van der Waals surface area contributed by atoms with Crippen molar-refractivity contribution in [3.63, 3.8) is 0 Å². The maximum atomic E-state index is 12.5. The Morgan fingerprint density at radius 3 is 2.50 bits per heavy atom. The number of carboxylic acids is 1. The first kappa shape index (κ1) is 19.6. The van der Waals surface area contributed by atoms with E-state index >= 15 is 0 Å². The normalized spacial score (nSPS) is 11.1. The topological polar surface area (TPSA) is 85.2 Å². The van der Waals surface area contributed by atoms with Crippen LogP contribution in [-0.2, 0) is 11.3 Å². The van der Waals surface area contributed by atoms with Gasteiger partial charge in [0.05, 0.1) is 0 Å². The van der Waals surface area contributed by atoms with Crippen LogP contribution in [0.4, 0.5) is 24.5 Å². The van der Waals surface area contributed by atoms with Crippen LogP contribution in [0.2, 0.25) is 5.02 Å². The number of aryl methyl sites for hydroxylation is 1. The SMILES string of the molecule is Cc1cc(Cl)ccc1CNc1cc(NC(F)(F)F)ccc1C(=N)C(=O)O. The molecule has 0 amide bonds. The van der Waals surface area contributed by atoms with Crippen molar-refractivity contribution in [1.82, 2.24) is 0 Å². The summed E-state index contributed by atoms with van der Waals surface area (Å²) in [4.78, 5) is 11.1. The van der Waals surface area contributed by atoms with Crippen LogP contribution in [-0.4, -0.2) is 23.1 Å². The van der Waals surface area contributed by atoms with E-state index in [1.165, 1.54) is 5.32 Å². The number of hydrogen-bond acceptors (Lipinski definition) is 4. The van der Waals surface area contributed by atoms with Crippen molar-refractivity contribution in [2.75, 3.05) is 10.6 Å². The van der Waals surface area contributed by atoms with Crippen LogP contribution in [0.3, 0.4) is 0 Å². The molecule has 0 spiro atoms. The van der Waals surface area contributed by atoms with E-state index in [-0.39, 0.29) is 23.5 Å². The lowest BCUT2D eigenvalue weighted by Gasteiger charge is -2.16. The quantitative estimate of drug-likeness (QED) is 0.431. The highest BCUT2D eigenvalue weighted by Gasteiger charge is 2.27. The molecule has 0 radical (unpaired) electrons. The van der Waals surface area contributed by atoms with Crippen LogP contribution in [0.1, 0.15) is 16.7 Å². The van der Waals surface area contributed by atoms with Crippen molar-refractivity contribution in [3.8, 4) is 0 Å². The van der Waals surface area contributed by atoms with Gasteiger partial charge in [-0.15, -0.1) is 0 Å². The average molecular weight is 386 g/mol. The fourth-order valence-electron chi connectivity index (χ4n) is 2.31. The standard InChI is InChI=1S/C17H15ClF3N3O2/c1-9-6-11(18)3-2-10(9)8-23-14-7-12(24-17(19,20)21)4-5-13(14)15(22)16(25)26/h2-7,22-24H,8H2,1H3,(H,25,26). The van der Waals surface area contributed by atoms with Gasteiger partial charge in [0.1, 0.15) is 5.71 Å². The lowest BCUT2D eigenvalue weighted by Crippen LogP contribution is -2.21. The molecule has 0 bridgehead atoms. The monoisotopic (exact) mass is 385 g/mol. The van der Waals surface area contributed by atoms with Gasteiger partial charge in [0.15, 0.2) is 0 Å². The lowest BCUT2D eigenvalue weighted by atomic mass is 10.1. The minimum Gasteiger partial charge on any atom is -0.477 e. The predicted octanol–water partition coefficient (Wildman–Crippen LogP) is 4.64. The molecule has 0 saturated heterocycles. The highest BCUT2D eigenvalue weighted by Crippen LogP contribution is 2.27. The Hall–Kier alpha value is -2.74. The molecule has 0 fully saturated rings. The van der Waals surface area contributed by atoms with Crippen molar-refractivity contribution in [3.05, 3.63) is 58.1 Å². The minimum atomic E-state index is -4.63. The zero-order valence-corrected chi connectivity index (χ0v) is 14.3. The number of anilines is 2. The molecular weight excluding hydrogens is 371 g/mol. The van der Waals surface area contributed by atoms with E-state index in [2.05, 4.69) is 5.32 Å². The molecule has 0 heterocycles. The van der Waals surface area contributed by atoms with Gasteiger partial charge in [0, 0.05) is 28.5 Å². The summed E-state index contributed by atoms with van der Waals surface area (Å²) < 4.78 is 37.6. The Labute approximate surface area is 152 Å². The Morgan fingerprint density at radius 1 is 1.23 bits per heavy atom. The molecule has 0 aliphatic carbocycles. The van der Waals surface area contributed by atoms with E-state index in [0.717, 1.165) is 29.3 Å². The number of aliphatic carboxylic acids is 1. The summed E-state index contributed by atoms with van der Waals surface area (Å²) in [5.41, 5.74) is 0.785. The van der Waals surface area contributed by atoms with Crippen LogP contribution in [0, 0.1) is 12.3 Å². The van der Waals surface area contributed by atoms with E-state index in [1.54, 1.807) is 18.2 Å². The molecule has 138 valence electrons. The Balaban J connectivity index is 2.33. The molecule has 0 atom stereocenters. The molecule has 0 aromatic heterocycles. The van der Waals surface area contributed by atoms with Crippen molar-refractivity contribution in [2.45, 2.75) is 19.8 Å². The third-order valence-corrected chi connectivity index (χ3v) is 3.80. The minimum absolute atomic E-state index is 0.0168. The van der Waals surface area contributed by atoms with Gasteiger partial charge in [-0.3, -0.25) is 10.7 Å². The molecule has 26 heavy (non-hydrogen) atoms. The Kier molecular flexibility index (Phi) is 5.76. The second kappa shape index (κ2) is 7.65. The maximum Gasteiger partial charge on any atom is 0.482 e. The van der Waals surface area contributed by atoms with Gasteiger partial charge in [0.2, 0.25) is 0 Å². The first-order chi connectivity index (χ1) is 12.1. The van der Waals surface area contributed by atoms with E-state index in [4.69, 9.17) is 22.1 Å². The summed E-state index contributed by atoms with van der Waals surface area (Å²) in [6, 6.07) is 8.50. The smallest absolute Gasteiger partial charge is 0.477 e. The van der Waals surface area contributed by atoms with Gasteiger partial charge in [-0.1, -0.05) is 17.7 Å². The molecule has 5 nitrogen and oxygen atoms in total. The van der Waals surface area contributed by atoms with Crippen molar-refractivity contribution in [1.29, 1.82) is 5.41 Å². The summed E-state index contributed by atoms with van der Waals surface area (Å²) in [5.74, 6) is -1.48. The highest BCUT2D eigenvalue weighted by molar-refractivity contribution is 6.42. The molecule has 2 aromatic carbocycles. The average Bonchev–Trinajstić information content (AvgIpc) is 2.52. The van der Waals surface area contributed by atoms with Gasteiger partial charge in [-0.2, -0.15) is 13.2 Å². The number of carbonyl (C=O) groups is 1. The van der Waals surface area contributed by atoms with Crippen LogP contribution in [0.5, 0.6) is 0 Å². The van der Waals surface area contributed by atoms with E-state index in [0.29, 0.717) is 5.02 Å². The summed E-state index contributed by atoms with van der Waals surface area (Å²) in [7, 11) is 0. The second-order valence-electron chi connectivity index (χ2n) is 5.49. The van der Waals surface area contributed by atoms with Gasteiger partial charge < -0.3 is 10.4 Å². The first-order valence-corrected chi connectivity index (χ1v) is 7.74. The van der Waals surface area contributed by atoms with Gasteiger partial charge in [-0.05, 0) is 48.4 Å². The molecule has 0 aliphatic heterocycles. The summed E-state index contributed by atoms with van der Waals surface area (Å²) in [5, 5.41) is 21.5.